The summed E-state index contributed by atoms with van der Waals surface area (Å²) in [4.78, 5) is 19.0. The van der Waals surface area contributed by atoms with Crippen LogP contribution in [0.1, 0.15) is 29.3 Å². The Hall–Kier alpha value is -2.57. The van der Waals surface area contributed by atoms with Crippen LogP contribution in [0, 0.1) is 6.92 Å². The number of hydrogen-bond acceptors (Lipinski definition) is 5. The Morgan fingerprint density at radius 2 is 2.08 bits per heavy atom. The van der Waals surface area contributed by atoms with Crippen molar-refractivity contribution in [3.05, 3.63) is 70.1 Å². The fraction of sp³-hybridized carbons (Fsp3) is 0.263. The quantitative estimate of drug-likeness (QED) is 0.639. The van der Waals surface area contributed by atoms with E-state index in [9.17, 15) is 4.79 Å². The van der Waals surface area contributed by atoms with Crippen molar-refractivity contribution in [2.45, 2.75) is 26.3 Å². The third-order valence-corrected chi connectivity index (χ3v) is 5.10. The van der Waals surface area contributed by atoms with Crippen LogP contribution < -0.4 is 16.6 Å². The van der Waals surface area contributed by atoms with Gasteiger partial charge in [-0.15, -0.1) is 0 Å². The molecular formula is C19H22ClN5O. The zero-order chi connectivity index (χ0) is 18.8. The highest BCUT2D eigenvalue weighted by Crippen LogP contribution is 2.28. The summed E-state index contributed by atoms with van der Waals surface area (Å²) >= 11 is 6.32. The zero-order valence-electron chi connectivity index (χ0n) is 14.8. The molecule has 0 fully saturated rings. The Labute approximate surface area is 158 Å². The standard InChI is InChI=1S/C19H22ClN5O/c1-12-6-5-7-14(18(12)20)19(26)24-11-15(21)16(10-13(24)2)25(22)17-8-3-4-9-23-17/h3-9,13H,10-11,21-22H2,1-2H3. The van der Waals surface area contributed by atoms with Crippen LogP contribution in [0.15, 0.2) is 54.0 Å². The van der Waals surface area contributed by atoms with E-state index in [0.29, 0.717) is 35.1 Å². The molecule has 6 nitrogen and oxygen atoms in total. The average molecular weight is 372 g/mol. The topological polar surface area (TPSA) is 88.5 Å². The normalized spacial score (nSPS) is 17.4. The number of nitrogens with zero attached hydrogens (tertiary/aromatic N) is 3. The summed E-state index contributed by atoms with van der Waals surface area (Å²) in [6.07, 6.45) is 2.21. The molecular weight excluding hydrogens is 350 g/mol. The van der Waals surface area contributed by atoms with Gasteiger partial charge < -0.3 is 10.6 Å². The van der Waals surface area contributed by atoms with Gasteiger partial charge in [0.15, 0.2) is 0 Å². The minimum Gasteiger partial charge on any atom is -0.399 e. The van der Waals surface area contributed by atoms with Crippen molar-refractivity contribution in [3.8, 4) is 0 Å². The highest BCUT2D eigenvalue weighted by Gasteiger charge is 2.31. The summed E-state index contributed by atoms with van der Waals surface area (Å²) in [7, 11) is 0. The monoisotopic (exact) mass is 371 g/mol. The molecule has 2 aromatic rings. The third kappa shape index (κ3) is 3.38. The molecule has 0 saturated carbocycles. The summed E-state index contributed by atoms with van der Waals surface area (Å²) in [5.41, 5.74) is 8.94. The zero-order valence-corrected chi connectivity index (χ0v) is 15.6. The number of benzene rings is 1. The van der Waals surface area contributed by atoms with Gasteiger partial charge in [0.05, 0.1) is 22.8 Å². The largest absolute Gasteiger partial charge is 0.399 e. The van der Waals surface area contributed by atoms with Crippen LogP contribution in [0.2, 0.25) is 5.02 Å². The van der Waals surface area contributed by atoms with Crippen LogP contribution >= 0.6 is 11.6 Å². The van der Waals surface area contributed by atoms with E-state index in [4.69, 9.17) is 23.2 Å². The third-order valence-electron chi connectivity index (χ3n) is 4.60. The van der Waals surface area contributed by atoms with Crippen LogP contribution in [0.25, 0.3) is 0 Å². The molecule has 2 heterocycles. The number of hydrazine groups is 1. The number of aromatic nitrogens is 1. The molecule has 4 N–H and O–H groups in total. The Morgan fingerprint density at radius 3 is 2.77 bits per heavy atom. The highest BCUT2D eigenvalue weighted by atomic mass is 35.5. The van der Waals surface area contributed by atoms with Crippen LogP contribution in [-0.2, 0) is 0 Å². The number of carbonyl (C=O) groups is 1. The Bertz CT molecular complexity index is 852. The molecule has 26 heavy (non-hydrogen) atoms. The maximum atomic E-state index is 13.0. The minimum absolute atomic E-state index is 0.0730. The van der Waals surface area contributed by atoms with E-state index in [1.54, 1.807) is 17.2 Å². The van der Waals surface area contributed by atoms with Gasteiger partial charge in [-0.2, -0.15) is 0 Å². The average Bonchev–Trinajstić information content (AvgIpc) is 2.65. The number of rotatable bonds is 3. The predicted octanol–water partition coefficient (Wildman–Crippen LogP) is 2.83. The molecule has 1 aliphatic heterocycles. The molecule has 1 aromatic heterocycles. The van der Waals surface area contributed by atoms with Gasteiger partial charge in [-0.05, 0) is 37.6 Å². The summed E-state index contributed by atoms with van der Waals surface area (Å²) in [5.74, 6) is 6.69. The first kappa shape index (κ1) is 18.2. The molecule has 136 valence electrons. The van der Waals surface area contributed by atoms with Gasteiger partial charge >= 0.3 is 0 Å². The summed E-state index contributed by atoms with van der Waals surface area (Å²) in [6, 6.07) is 10.9. The highest BCUT2D eigenvalue weighted by molar-refractivity contribution is 6.34. The second-order valence-corrected chi connectivity index (χ2v) is 6.83. The summed E-state index contributed by atoms with van der Waals surface area (Å²) in [6.45, 7) is 4.14. The van der Waals surface area contributed by atoms with Crippen molar-refractivity contribution in [3.63, 3.8) is 0 Å². The van der Waals surface area contributed by atoms with E-state index in [0.717, 1.165) is 11.3 Å². The Balaban J connectivity index is 1.87. The fourth-order valence-corrected chi connectivity index (χ4v) is 3.29. The van der Waals surface area contributed by atoms with Crippen molar-refractivity contribution in [2.24, 2.45) is 11.6 Å². The van der Waals surface area contributed by atoms with Crippen molar-refractivity contribution < 1.29 is 4.79 Å². The Morgan fingerprint density at radius 1 is 1.31 bits per heavy atom. The van der Waals surface area contributed by atoms with Gasteiger partial charge in [-0.3, -0.25) is 9.80 Å². The number of nitrogens with two attached hydrogens (primary N) is 2. The predicted molar refractivity (Wildman–Crippen MR) is 103 cm³/mol. The molecule has 0 bridgehead atoms. The lowest BCUT2D eigenvalue weighted by Gasteiger charge is -2.37. The maximum absolute atomic E-state index is 13.0. The first-order valence-electron chi connectivity index (χ1n) is 8.39. The Kier molecular flexibility index (Phi) is 5.15. The number of carbonyl (C=O) groups excluding carboxylic acids is 1. The summed E-state index contributed by atoms with van der Waals surface area (Å²) in [5, 5.41) is 1.97. The number of amides is 1. The van der Waals surface area contributed by atoms with Crippen molar-refractivity contribution >= 4 is 23.3 Å². The molecule has 0 radical (unpaired) electrons. The van der Waals surface area contributed by atoms with E-state index in [1.807, 2.05) is 44.2 Å². The van der Waals surface area contributed by atoms with Gasteiger partial charge in [0.25, 0.3) is 5.91 Å². The van der Waals surface area contributed by atoms with E-state index >= 15 is 0 Å². The summed E-state index contributed by atoms with van der Waals surface area (Å²) < 4.78 is 0. The lowest BCUT2D eigenvalue weighted by molar-refractivity contribution is 0.0695. The van der Waals surface area contributed by atoms with Crippen LogP contribution in [0.5, 0.6) is 0 Å². The number of halogens is 1. The van der Waals surface area contributed by atoms with Crippen molar-refractivity contribution in [1.29, 1.82) is 0 Å². The second kappa shape index (κ2) is 7.35. The molecule has 1 amide bonds. The molecule has 0 spiro atoms. The molecule has 1 aromatic carbocycles. The molecule has 3 rings (SSSR count). The molecule has 0 saturated heterocycles. The minimum atomic E-state index is -0.130. The van der Waals surface area contributed by atoms with Crippen LogP contribution in [0.3, 0.4) is 0 Å². The molecule has 7 heteroatoms. The first-order chi connectivity index (χ1) is 12.4. The van der Waals surface area contributed by atoms with Gasteiger partial charge in [-0.1, -0.05) is 29.8 Å². The lowest BCUT2D eigenvalue weighted by Crippen LogP contribution is -2.48. The molecule has 1 unspecified atom stereocenters. The molecule has 1 aliphatic rings. The number of pyridine rings is 1. The molecule has 0 aliphatic carbocycles. The van der Waals surface area contributed by atoms with Crippen LogP contribution in [-0.4, -0.2) is 28.4 Å². The van der Waals surface area contributed by atoms with Crippen LogP contribution in [0.4, 0.5) is 5.82 Å². The number of anilines is 1. The SMILES string of the molecule is Cc1cccc(C(=O)N2CC(N)=C(N(N)c3ccccn3)CC2C)c1Cl. The van der Waals surface area contributed by atoms with Gasteiger partial charge in [-0.25, -0.2) is 10.8 Å². The van der Waals surface area contributed by atoms with E-state index in [2.05, 4.69) is 4.98 Å². The van der Waals surface area contributed by atoms with E-state index in [-0.39, 0.29) is 11.9 Å². The fourth-order valence-electron chi connectivity index (χ4n) is 3.08. The maximum Gasteiger partial charge on any atom is 0.255 e. The van der Waals surface area contributed by atoms with Gasteiger partial charge in [0, 0.05) is 24.4 Å². The van der Waals surface area contributed by atoms with E-state index < -0.39 is 0 Å². The smallest absolute Gasteiger partial charge is 0.255 e. The lowest BCUT2D eigenvalue weighted by atomic mass is 10.0. The number of hydrogen-bond donors (Lipinski definition) is 2. The second-order valence-electron chi connectivity index (χ2n) is 6.45. The van der Waals surface area contributed by atoms with Gasteiger partial charge in [0.1, 0.15) is 5.82 Å². The van der Waals surface area contributed by atoms with Crippen molar-refractivity contribution in [2.75, 3.05) is 11.6 Å². The first-order valence-corrected chi connectivity index (χ1v) is 8.77. The van der Waals surface area contributed by atoms with Crippen molar-refractivity contribution in [1.82, 2.24) is 9.88 Å². The van der Waals surface area contributed by atoms with Gasteiger partial charge in [0.2, 0.25) is 0 Å². The molecule has 1 atom stereocenters. The number of aryl methyl sites for hydroxylation is 1. The van der Waals surface area contributed by atoms with E-state index in [1.165, 1.54) is 5.01 Å².